The van der Waals surface area contributed by atoms with Crippen LogP contribution in [0.25, 0.3) is 0 Å². The van der Waals surface area contributed by atoms with Crippen LogP contribution in [0.3, 0.4) is 0 Å². The molecule has 156 valence electrons. The van der Waals surface area contributed by atoms with Gasteiger partial charge in [-0.15, -0.1) is 11.3 Å². The van der Waals surface area contributed by atoms with Crippen LogP contribution >= 0.6 is 11.3 Å². The molecule has 1 aliphatic heterocycles. The van der Waals surface area contributed by atoms with E-state index in [0.29, 0.717) is 43.3 Å². The summed E-state index contributed by atoms with van der Waals surface area (Å²) in [4.78, 5) is 33.6. The van der Waals surface area contributed by atoms with Gasteiger partial charge in [-0.05, 0) is 24.1 Å². The maximum atomic E-state index is 13.7. The van der Waals surface area contributed by atoms with E-state index in [4.69, 9.17) is 0 Å². The number of amides is 3. The highest BCUT2D eigenvalue weighted by Crippen LogP contribution is 2.23. The van der Waals surface area contributed by atoms with Gasteiger partial charge in [0.1, 0.15) is 5.82 Å². The van der Waals surface area contributed by atoms with Gasteiger partial charge in [0.15, 0.2) is 5.13 Å². The minimum Gasteiger partial charge on any atom is -0.339 e. The number of carbonyl (C=O) groups excluding carboxylic acids is 2. The largest absolute Gasteiger partial charge is 0.339 e. The van der Waals surface area contributed by atoms with E-state index in [2.05, 4.69) is 10.3 Å². The van der Waals surface area contributed by atoms with E-state index in [1.54, 1.807) is 24.1 Å². The Morgan fingerprint density at radius 2 is 1.83 bits per heavy atom. The molecule has 2 aromatic rings. The fourth-order valence-corrected chi connectivity index (χ4v) is 3.99. The predicted molar refractivity (Wildman–Crippen MR) is 113 cm³/mol. The van der Waals surface area contributed by atoms with Gasteiger partial charge < -0.3 is 9.80 Å². The zero-order valence-electron chi connectivity index (χ0n) is 17.3. The second-order valence-corrected chi connectivity index (χ2v) is 9.47. The Hall–Kier alpha value is -2.48. The molecule has 1 aromatic carbocycles. The van der Waals surface area contributed by atoms with E-state index in [1.165, 1.54) is 17.4 Å². The van der Waals surface area contributed by atoms with Crippen LogP contribution in [0.5, 0.6) is 0 Å². The van der Waals surface area contributed by atoms with Crippen molar-refractivity contribution in [2.45, 2.75) is 34.1 Å². The van der Waals surface area contributed by atoms with E-state index in [1.807, 2.05) is 31.7 Å². The van der Waals surface area contributed by atoms with Gasteiger partial charge in [0.2, 0.25) is 5.91 Å². The molecule has 2 heterocycles. The van der Waals surface area contributed by atoms with E-state index < -0.39 is 5.41 Å². The van der Waals surface area contributed by atoms with Crippen molar-refractivity contribution >= 4 is 28.4 Å². The van der Waals surface area contributed by atoms with Gasteiger partial charge in [-0.25, -0.2) is 14.2 Å². The first-order valence-electron chi connectivity index (χ1n) is 9.68. The molecule has 0 aliphatic carbocycles. The number of thiazole rings is 1. The number of aryl methyl sites for hydroxylation is 1. The Labute approximate surface area is 174 Å². The third-order valence-electron chi connectivity index (χ3n) is 4.88. The second kappa shape index (κ2) is 8.49. The van der Waals surface area contributed by atoms with Crippen LogP contribution in [0.15, 0.2) is 24.4 Å². The highest BCUT2D eigenvalue weighted by molar-refractivity contribution is 7.15. The van der Waals surface area contributed by atoms with Crippen molar-refractivity contribution in [3.63, 3.8) is 0 Å². The number of anilines is 1. The van der Waals surface area contributed by atoms with Crippen molar-refractivity contribution in [3.05, 3.63) is 46.2 Å². The summed E-state index contributed by atoms with van der Waals surface area (Å²) in [5.41, 5.74) is 1.08. The highest BCUT2D eigenvalue weighted by Gasteiger charge is 2.31. The predicted octanol–water partition coefficient (Wildman–Crippen LogP) is 3.90. The van der Waals surface area contributed by atoms with Crippen molar-refractivity contribution in [1.82, 2.24) is 14.8 Å². The van der Waals surface area contributed by atoms with E-state index in [-0.39, 0.29) is 17.8 Å². The number of rotatable bonds is 3. The van der Waals surface area contributed by atoms with Crippen LogP contribution < -0.4 is 5.32 Å². The molecule has 0 atom stereocenters. The van der Waals surface area contributed by atoms with E-state index in [0.717, 1.165) is 10.4 Å². The normalized spacial score (nSPS) is 14.8. The third kappa shape index (κ3) is 5.32. The molecule has 0 unspecified atom stereocenters. The number of piperazine rings is 1. The Morgan fingerprint density at radius 1 is 1.17 bits per heavy atom. The summed E-state index contributed by atoms with van der Waals surface area (Å²) in [6.45, 7) is 9.50. The molecular weight excluding hydrogens is 391 g/mol. The second-order valence-electron chi connectivity index (χ2n) is 8.35. The van der Waals surface area contributed by atoms with E-state index >= 15 is 0 Å². The molecule has 1 fully saturated rings. The summed E-state index contributed by atoms with van der Waals surface area (Å²) in [6.07, 6.45) is 2.27. The fraction of sp³-hybridized carbons (Fsp3) is 0.476. The number of nitrogens with one attached hydrogen (secondary N) is 1. The molecule has 0 bridgehead atoms. The van der Waals surface area contributed by atoms with Gasteiger partial charge in [0.25, 0.3) is 0 Å². The Balaban J connectivity index is 1.53. The molecule has 0 saturated carbocycles. The third-order valence-corrected chi connectivity index (χ3v) is 5.79. The standard InChI is InChI=1S/C21H27FN4O2S/c1-14-5-6-15(12-17(14)22)11-16-13-23-19(29-16)24-20(28)26-9-7-25(8-10-26)18(27)21(2,3)4/h5-6,12-13H,7-11H2,1-4H3,(H,23,24,28). The first-order valence-corrected chi connectivity index (χ1v) is 10.5. The molecule has 1 aliphatic rings. The summed E-state index contributed by atoms with van der Waals surface area (Å²) < 4.78 is 13.7. The molecular formula is C21H27FN4O2S. The van der Waals surface area contributed by atoms with Crippen LogP contribution in [-0.4, -0.2) is 52.9 Å². The number of halogens is 1. The first-order chi connectivity index (χ1) is 13.6. The van der Waals surface area contributed by atoms with Crippen molar-refractivity contribution in [3.8, 4) is 0 Å². The lowest BCUT2D eigenvalue weighted by Gasteiger charge is -2.37. The van der Waals surface area contributed by atoms with Crippen molar-refractivity contribution in [2.24, 2.45) is 5.41 Å². The summed E-state index contributed by atoms with van der Waals surface area (Å²) >= 11 is 1.38. The highest BCUT2D eigenvalue weighted by atomic mass is 32.1. The lowest BCUT2D eigenvalue weighted by Crippen LogP contribution is -2.53. The lowest BCUT2D eigenvalue weighted by atomic mass is 9.94. The molecule has 1 aromatic heterocycles. The number of benzene rings is 1. The van der Waals surface area contributed by atoms with Gasteiger partial charge in [-0.2, -0.15) is 0 Å². The Bertz CT molecular complexity index is 898. The van der Waals surface area contributed by atoms with Gasteiger partial charge >= 0.3 is 6.03 Å². The number of aromatic nitrogens is 1. The van der Waals surface area contributed by atoms with Crippen LogP contribution in [0.2, 0.25) is 0 Å². The lowest BCUT2D eigenvalue weighted by molar-refractivity contribution is -0.140. The topological polar surface area (TPSA) is 65.5 Å². The number of hydrogen-bond acceptors (Lipinski definition) is 4. The maximum Gasteiger partial charge on any atom is 0.323 e. The zero-order chi connectivity index (χ0) is 21.2. The molecule has 8 heteroatoms. The average Bonchev–Trinajstić information content (AvgIpc) is 3.10. The van der Waals surface area contributed by atoms with Crippen LogP contribution in [-0.2, 0) is 11.2 Å². The van der Waals surface area contributed by atoms with Gasteiger partial charge in [0.05, 0.1) is 0 Å². The van der Waals surface area contributed by atoms with Crippen molar-refractivity contribution in [1.29, 1.82) is 0 Å². The zero-order valence-corrected chi connectivity index (χ0v) is 18.1. The van der Waals surface area contributed by atoms with Gasteiger partial charge in [-0.3, -0.25) is 10.1 Å². The quantitative estimate of drug-likeness (QED) is 0.822. The minimum atomic E-state index is -0.415. The van der Waals surface area contributed by atoms with Crippen LogP contribution in [0.4, 0.5) is 14.3 Å². The molecule has 6 nitrogen and oxygen atoms in total. The smallest absolute Gasteiger partial charge is 0.323 e. The molecule has 0 spiro atoms. The molecule has 3 amide bonds. The minimum absolute atomic E-state index is 0.106. The molecule has 3 rings (SSSR count). The molecule has 29 heavy (non-hydrogen) atoms. The Morgan fingerprint density at radius 3 is 2.45 bits per heavy atom. The SMILES string of the molecule is Cc1ccc(Cc2cnc(NC(=O)N3CCN(C(=O)C(C)(C)C)CC3)s2)cc1F. The van der Waals surface area contributed by atoms with Crippen LogP contribution in [0, 0.1) is 18.2 Å². The number of carbonyl (C=O) groups is 2. The van der Waals surface area contributed by atoms with E-state index in [9.17, 15) is 14.0 Å². The van der Waals surface area contributed by atoms with Crippen molar-refractivity contribution in [2.75, 3.05) is 31.5 Å². The van der Waals surface area contributed by atoms with Gasteiger partial charge in [0, 0.05) is 49.1 Å². The summed E-state index contributed by atoms with van der Waals surface area (Å²) in [5.74, 6) is -0.112. The summed E-state index contributed by atoms with van der Waals surface area (Å²) in [5, 5.41) is 3.35. The number of urea groups is 1. The average molecular weight is 419 g/mol. The maximum absolute atomic E-state index is 13.7. The Kier molecular flexibility index (Phi) is 6.21. The van der Waals surface area contributed by atoms with Crippen molar-refractivity contribution < 1.29 is 14.0 Å². The molecule has 0 radical (unpaired) electrons. The molecule has 1 N–H and O–H groups in total. The summed E-state index contributed by atoms with van der Waals surface area (Å²) in [7, 11) is 0. The monoisotopic (exact) mass is 418 g/mol. The summed E-state index contributed by atoms with van der Waals surface area (Å²) in [6, 6.07) is 4.98. The van der Waals surface area contributed by atoms with Gasteiger partial charge in [-0.1, -0.05) is 32.9 Å². The first kappa shape index (κ1) is 21.2. The molecule has 1 saturated heterocycles. The number of nitrogens with zero attached hydrogens (tertiary/aromatic N) is 3. The fourth-order valence-electron chi connectivity index (χ4n) is 3.15. The van der Waals surface area contributed by atoms with Crippen LogP contribution in [0.1, 0.15) is 36.8 Å². The number of hydrogen-bond donors (Lipinski definition) is 1.